The first-order chi connectivity index (χ1) is 12.0. The minimum Gasteiger partial charge on any atom is -0.360 e. The molecule has 0 bridgehead atoms. The summed E-state index contributed by atoms with van der Waals surface area (Å²) in [4.78, 5) is 11.7. The third-order valence-electron chi connectivity index (χ3n) is 3.35. The van der Waals surface area contributed by atoms with E-state index in [1.165, 1.54) is 26.0 Å². The monoisotopic (exact) mass is 391 g/mol. The molecule has 11 heteroatoms. The van der Waals surface area contributed by atoms with Crippen molar-refractivity contribution in [3.63, 3.8) is 0 Å². The summed E-state index contributed by atoms with van der Waals surface area (Å²) >= 11 is 0. The average Bonchev–Trinajstić information content (AvgIpc) is 2.86. The number of rotatable bonds is 6. The number of amides is 1. The molecule has 0 unspecified atom stereocenters. The van der Waals surface area contributed by atoms with Crippen LogP contribution >= 0.6 is 0 Å². The predicted molar refractivity (Wildman–Crippen MR) is 85.9 cm³/mol. The average molecular weight is 391 g/mol. The van der Waals surface area contributed by atoms with Crippen molar-refractivity contribution in [2.24, 2.45) is 0 Å². The summed E-state index contributed by atoms with van der Waals surface area (Å²) < 4.78 is 69.2. The van der Waals surface area contributed by atoms with Crippen LogP contribution in [-0.2, 0) is 21.0 Å². The summed E-state index contributed by atoms with van der Waals surface area (Å²) in [5.41, 5.74) is -0.740. The van der Waals surface area contributed by atoms with Crippen molar-refractivity contribution >= 4 is 21.6 Å². The lowest BCUT2D eigenvalue weighted by Crippen LogP contribution is -2.28. The normalized spacial score (nSPS) is 12.2. The van der Waals surface area contributed by atoms with E-state index in [1.807, 2.05) is 0 Å². The summed E-state index contributed by atoms with van der Waals surface area (Å²) in [6.45, 7) is 2.66. The molecule has 26 heavy (non-hydrogen) atoms. The van der Waals surface area contributed by atoms with Gasteiger partial charge < -0.3 is 9.84 Å². The number of carbonyl (C=O) groups is 1. The lowest BCUT2D eigenvalue weighted by atomic mass is 10.2. The highest BCUT2D eigenvalue weighted by Gasteiger charge is 2.30. The van der Waals surface area contributed by atoms with Crippen molar-refractivity contribution in [1.29, 1.82) is 0 Å². The fourth-order valence-electron chi connectivity index (χ4n) is 2.23. The highest BCUT2D eigenvalue weighted by Crippen LogP contribution is 2.30. The van der Waals surface area contributed by atoms with Crippen LogP contribution < -0.4 is 10.0 Å². The second-order valence-electron chi connectivity index (χ2n) is 5.43. The van der Waals surface area contributed by atoms with Gasteiger partial charge in [-0.2, -0.15) is 13.2 Å². The summed E-state index contributed by atoms with van der Waals surface area (Å²) in [6, 6.07) is 4.15. The van der Waals surface area contributed by atoms with Crippen molar-refractivity contribution in [2.75, 3.05) is 11.9 Å². The number of hydrogen-bond donors (Lipinski definition) is 2. The molecule has 1 heterocycles. The number of aryl methyl sites for hydroxylation is 2. The zero-order valence-electron chi connectivity index (χ0n) is 13.8. The lowest BCUT2D eigenvalue weighted by Gasteiger charge is -2.10. The first-order valence-corrected chi connectivity index (χ1v) is 8.88. The standard InChI is InChI=1S/C15H16F3N3O4S/c1-9-14(10(2)25-21-9)26(23,24)19-7-6-13(22)20-12-5-3-4-11(8-12)15(16,17)18/h3-5,8,19H,6-7H2,1-2H3,(H,20,22). The molecule has 0 aliphatic carbocycles. The van der Waals surface area contributed by atoms with E-state index in [4.69, 9.17) is 4.52 Å². The van der Waals surface area contributed by atoms with Gasteiger partial charge in [-0.3, -0.25) is 4.79 Å². The number of nitrogens with zero attached hydrogens (tertiary/aromatic N) is 1. The van der Waals surface area contributed by atoms with Crippen molar-refractivity contribution in [1.82, 2.24) is 9.88 Å². The van der Waals surface area contributed by atoms with E-state index >= 15 is 0 Å². The third kappa shape index (κ3) is 4.82. The number of benzene rings is 1. The van der Waals surface area contributed by atoms with Crippen LogP contribution in [0.5, 0.6) is 0 Å². The fraction of sp³-hybridized carbons (Fsp3) is 0.333. The summed E-state index contributed by atoms with van der Waals surface area (Å²) in [7, 11) is -3.91. The molecule has 2 aromatic rings. The highest BCUT2D eigenvalue weighted by molar-refractivity contribution is 7.89. The number of sulfonamides is 1. The zero-order valence-corrected chi connectivity index (χ0v) is 14.7. The Bertz CT molecular complexity index is 888. The van der Waals surface area contributed by atoms with Crippen LogP contribution in [0.2, 0.25) is 0 Å². The SMILES string of the molecule is Cc1noc(C)c1S(=O)(=O)NCCC(=O)Nc1cccc(C(F)(F)F)c1. The van der Waals surface area contributed by atoms with Gasteiger partial charge in [0, 0.05) is 18.7 Å². The molecular weight excluding hydrogens is 375 g/mol. The maximum atomic E-state index is 12.6. The second kappa shape index (κ2) is 7.46. The maximum Gasteiger partial charge on any atom is 0.416 e. The van der Waals surface area contributed by atoms with E-state index in [2.05, 4.69) is 15.2 Å². The van der Waals surface area contributed by atoms with Gasteiger partial charge in [0.1, 0.15) is 10.6 Å². The number of nitrogens with one attached hydrogen (secondary N) is 2. The minimum atomic E-state index is -4.52. The van der Waals surface area contributed by atoms with Gasteiger partial charge in [-0.25, -0.2) is 13.1 Å². The van der Waals surface area contributed by atoms with E-state index in [9.17, 15) is 26.4 Å². The van der Waals surface area contributed by atoms with Gasteiger partial charge in [0.05, 0.1) is 5.56 Å². The quantitative estimate of drug-likeness (QED) is 0.788. The Morgan fingerprint density at radius 2 is 1.96 bits per heavy atom. The molecule has 0 aliphatic rings. The van der Waals surface area contributed by atoms with Crippen LogP contribution in [0.3, 0.4) is 0 Å². The van der Waals surface area contributed by atoms with Crippen LogP contribution in [0.4, 0.5) is 18.9 Å². The van der Waals surface area contributed by atoms with Crippen LogP contribution in [0.25, 0.3) is 0 Å². The van der Waals surface area contributed by atoms with Gasteiger partial charge in [-0.05, 0) is 32.0 Å². The largest absolute Gasteiger partial charge is 0.416 e. The van der Waals surface area contributed by atoms with Crippen molar-refractivity contribution in [2.45, 2.75) is 31.3 Å². The van der Waals surface area contributed by atoms with E-state index < -0.39 is 27.7 Å². The first-order valence-electron chi connectivity index (χ1n) is 7.40. The van der Waals surface area contributed by atoms with Crippen molar-refractivity contribution in [3.8, 4) is 0 Å². The molecule has 0 saturated carbocycles. The summed E-state index contributed by atoms with van der Waals surface area (Å²) in [5.74, 6) is -0.519. The van der Waals surface area contributed by atoms with E-state index in [0.717, 1.165) is 12.1 Å². The molecule has 0 spiro atoms. The molecule has 7 nitrogen and oxygen atoms in total. The molecule has 0 atom stereocenters. The highest BCUT2D eigenvalue weighted by atomic mass is 32.2. The molecular formula is C15H16F3N3O4S. The van der Waals surface area contributed by atoms with Crippen LogP contribution in [0.1, 0.15) is 23.4 Å². The van der Waals surface area contributed by atoms with Gasteiger partial charge in [-0.1, -0.05) is 11.2 Å². The molecule has 1 aromatic carbocycles. The number of anilines is 1. The van der Waals surface area contributed by atoms with Gasteiger partial charge in [0.15, 0.2) is 5.76 Å². The molecule has 1 amide bonds. The fourth-order valence-corrected chi connectivity index (χ4v) is 3.58. The second-order valence-corrected chi connectivity index (χ2v) is 7.13. The summed E-state index contributed by atoms with van der Waals surface area (Å²) in [6.07, 6.45) is -4.79. The van der Waals surface area contributed by atoms with Gasteiger partial charge in [0.2, 0.25) is 15.9 Å². The van der Waals surface area contributed by atoms with Gasteiger partial charge in [-0.15, -0.1) is 0 Å². The molecule has 0 aliphatic heterocycles. The Kier molecular flexibility index (Phi) is 5.71. The van der Waals surface area contributed by atoms with Crippen molar-refractivity contribution in [3.05, 3.63) is 41.3 Å². The topological polar surface area (TPSA) is 101 Å². The van der Waals surface area contributed by atoms with Gasteiger partial charge >= 0.3 is 6.18 Å². The Hall–Kier alpha value is -2.40. The molecule has 2 N–H and O–H groups in total. The number of halogens is 3. The predicted octanol–water partition coefficient (Wildman–Crippen LogP) is 2.62. The number of aromatic nitrogens is 1. The summed E-state index contributed by atoms with van der Waals surface area (Å²) in [5, 5.41) is 5.84. The van der Waals surface area contributed by atoms with Gasteiger partial charge in [0.25, 0.3) is 0 Å². The van der Waals surface area contributed by atoms with Crippen LogP contribution in [0.15, 0.2) is 33.7 Å². The van der Waals surface area contributed by atoms with Crippen molar-refractivity contribution < 1.29 is 30.9 Å². The zero-order chi connectivity index (χ0) is 19.5. The number of carbonyl (C=O) groups excluding carboxylic acids is 1. The molecule has 0 radical (unpaired) electrons. The number of hydrogen-bond acceptors (Lipinski definition) is 5. The Morgan fingerprint density at radius 1 is 1.27 bits per heavy atom. The van der Waals surface area contributed by atoms with Crippen LogP contribution in [0, 0.1) is 13.8 Å². The maximum absolute atomic E-state index is 12.6. The molecule has 0 saturated heterocycles. The minimum absolute atomic E-state index is 0.0293. The smallest absolute Gasteiger partial charge is 0.360 e. The van der Waals surface area contributed by atoms with E-state index in [1.54, 1.807) is 0 Å². The Labute approximate surface area is 147 Å². The molecule has 0 fully saturated rings. The lowest BCUT2D eigenvalue weighted by molar-refractivity contribution is -0.137. The number of alkyl halides is 3. The molecule has 2 rings (SSSR count). The molecule has 142 valence electrons. The molecule has 1 aromatic heterocycles. The Balaban J connectivity index is 1.94. The Morgan fingerprint density at radius 3 is 2.54 bits per heavy atom. The van der Waals surface area contributed by atoms with Crippen LogP contribution in [-0.4, -0.2) is 26.0 Å². The van der Waals surface area contributed by atoms with E-state index in [0.29, 0.717) is 0 Å². The third-order valence-corrected chi connectivity index (χ3v) is 5.06. The first kappa shape index (κ1) is 19.9. The van der Waals surface area contributed by atoms with E-state index in [-0.39, 0.29) is 35.0 Å².